The summed E-state index contributed by atoms with van der Waals surface area (Å²) >= 11 is 0. The summed E-state index contributed by atoms with van der Waals surface area (Å²) < 4.78 is 5.80. The molecule has 0 bridgehead atoms. The lowest BCUT2D eigenvalue weighted by Gasteiger charge is -2.19. The van der Waals surface area contributed by atoms with E-state index in [2.05, 4.69) is 28.8 Å². The molecule has 4 nitrogen and oxygen atoms in total. The van der Waals surface area contributed by atoms with Gasteiger partial charge in [0.2, 0.25) is 0 Å². The highest BCUT2D eigenvalue weighted by atomic mass is 16.5. The number of ether oxygens (including phenoxy) is 1. The van der Waals surface area contributed by atoms with E-state index in [9.17, 15) is 5.11 Å². The third-order valence-electron chi connectivity index (χ3n) is 3.34. The lowest BCUT2D eigenvalue weighted by molar-refractivity contribution is 0.143. The van der Waals surface area contributed by atoms with Gasteiger partial charge in [0.25, 0.3) is 0 Å². The minimum Gasteiger partial charge on any atom is -0.490 e. The van der Waals surface area contributed by atoms with Crippen LogP contribution in [0.4, 0.5) is 0 Å². The van der Waals surface area contributed by atoms with Gasteiger partial charge < -0.3 is 14.7 Å². The Morgan fingerprint density at radius 1 is 1.50 bits per heavy atom. The maximum Gasteiger partial charge on any atom is 0.138 e. The minimum atomic E-state index is -0.997. The number of hydrogen-bond donors (Lipinski definition) is 1. The van der Waals surface area contributed by atoms with Crippen molar-refractivity contribution >= 4 is 0 Å². The number of pyridine rings is 1. The van der Waals surface area contributed by atoms with Gasteiger partial charge >= 0.3 is 0 Å². The van der Waals surface area contributed by atoms with Gasteiger partial charge in [0.05, 0.1) is 6.20 Å². The quantitative estimate of drug-likeness (QED) is 0.852. The van der Waals surface area contributed by atoms with Crippen LogP contribution in [0.3, 0.4) is 0 Å². The molecule has 108 valence electrons. The van der Waals surface area contributed by atoms with Gasteiger partial charge in [0.1, 0.15) is 18.0 Å². The Labute approximate surface area is 120 Å². The molecule has 1 aliphatic heterocycles. The van der Waals surface area contributed by atoms with Crippen LogP contribution >= 0.6 is 0 Å². The molecule has 1 unspecified atom stereocenters. The molecule has 1 aromatic heterocycles. The molecule has 1 saturated heterocycles. The number of rotatable bonds is 3. The first-order valence-corrected chi connectivity index (χ1v) is 6.98. The fraction of sp³-hybridized carbons (Fsp3) is 0.562. The first kappa shape index (κ1) is 14.8. The van der Waals surface area contributed by atoms with Gasteiger partial charge in [-0.25, -0.2) is 0 Å². The van der Waals surface area contributed by atoms with Gasteiger partial charge in [-0.05, 0) is 46.3 Å². The Bertz CT molecular complexity index is 511. The highest BCUT2D eigenvalue weighted by Crippen LogP contribution is 2.17. The number of hydrogen-bond acceptors (Lipinski definition) is 4. The Morgan fingerprint density at radius 3 is 2.95 bits per heavy atom. The normalized spacial score (nSPS) is 19.5. The fourth-order valence-electron chi connectivity index (χ4n) is 2.17. The molecule has 2 heterocycles. The maximum atomic E-state index is 9.59. The van der Waals surface area contributed by atoms with Crippen molar-refractivity contribution in [2.24, 2.45) is 0 Å². The number of aliphatic hydroxyl groups is 1. The molecule has 0 aromatic carbocycles. The van der Waals surface area contributed by atoms with Crippen LogP contribution < -0.4 is 4.74 Å². The SMILES string of the molecule is CN1CCCC1COc1cncc(C#CC(C)(C)O)c1. The second-order valence-corrected chi connectivity index (χ2v) is 5.81. The Hall–Kier alpha value is -1.57. The van der Waals surface area contributed by atoms with Gasteiger partial charge in [0.15, 0.2) is 0 Å². The predicted octanol–water partition coefficient (Wildman–Crippen LogP) is 1.68. The van der Waals surface area contributed by atoms with Crippen molar-refractivity contribution in [2.75, 3.05) is 20.2 Å². The summed E-state index contributed by atoms with van der Waals surface area (Å²) in [5, 5.41) is 9.59. The zero-order valence-electron chi connectivity index (χ0n) is 12.4. The molecule has 1 fully saturated rings. The van der Waals surface area contributed by atoms with Crippen LogP contribution in [0.1, 0.15) is 32.3 Å². The van der Waals surface area contributed by atoms with Crippen LogP contribution in [-0.4, -0.2) is 46.8 Å². The van der Waals surface area contributed by atoms with E-state index in [0.29, 0.717) is 12.6 Å². The molecular formula is C16H22N2O2. The predicted molar refractivity (Wildman–Crippen MR) is 78.6 cm³/mol. The highest BCUT2D eigenvalue weighted by Gasteiger charge is 2.21. The van der Waals surface area contributed by atoms with Crippen molar-refractivity contribution in [3.63, 3.8) is 0 Å². The third kappa shape index (κ3) is 4.52. The van der Waals surface area contributed by atoms with Crippen molar-refractivity contribution in [1.82, 2.24) is 9.88 Å². The Balaban J connectivity index is 1.97. The third-order valence-corrected chi connectivity index (χ3v) is 3.34. The van der Waals surface area contributed by atoms with Crippen LogP contribution in [0.2, 0.25) is 0 Å². The number of likely N-dealkylation sites (tertiary alicyclic amines) is 1. The minimum absolute atomic E-state index is 0.487. The number of likely N-dealkylation sites (N-methyl/N-ethyl adjacent to an activating group) is 1. The van der Waals surface area contributed by atoms with Crippen LogP contribution in [0, 0.1) is 11.8 Å². The van der Waals surface area contributed by atoms with Gasteiger partial charge in [-0.1, -0.05) is 11.8 Å². The molecule has 2 rings (SSSR count). The van der Waals surface area contributed by atoms with E-state index < -0.39 is 5.60 Å². The summed E-state index contributed by atoms with van der Waals surface area (Å²) in [5.74, 6) is 6.41. The van der Waals surface area contributed by atoms with Crippen LogP contribution in [-0.2, 0) is 0 Å². The second-order valence-electron chi connectivity index (χ2n) is 5.81. The molecule has 0 amide bonds. The number of nitrogens with zero attached hydrogens (tertiary/aromatic N) is 2. The lowest BCUT2D eigenvalue weighted by atomic mass is 10.1. The van der Waals surface area contributed by atoms with E-state index in [1.807, 2.05) is 6.07 Å². The van der Waals surface area contributed by atoms with E-state index in [-0.39, 0.29) is 0 Å². The van der Waals surface area contributed by atoms with Crippen molar-refractivity contribution < 1.29 is 9.84 Å². The zero-order valence-corrected chi connectivity index (χ0v) is 12.4. The van der Waals surface area contributed by atoms with Crippen LogP contribution in [0.5, 0.6) is 5.75 Å². The molecule has 0 aliphatic carbocycles. The second kappa shape index (κ2) is 6.25. The van der Waals surface area contributed by atoms with Crippen molar-refractivity contribution in [2.45, 2.75) is 38.3 Å². The molecule has 1 aromatic rings. The molecule has 1 atom stereocenters. The van der Waals surface area contributed by atoms with Crippen molar-refractivity contribution in [3.8, 4) is 17.6 Å². The maximum absolute atomic E-state index is 9.59. The Morgan fingerprint density at radius 2 is 2.30 bits per heavy atom. The summed E-state index contributed by atoms with van der Waals surface area (Å²) in [6, 6.07) is 2.35. The van der Waals surface area contributed by atoms with E-state index >= 15 is 0 Å². The van der Waals surface area contributed by atoms with Gasteiger partial charge in [-0.15, -0.1) is 0 Å². The van der Waals surface area contributed by atoms with Gasteiger partial charge in [-0.3, -0.25) is 4.98 Å². The first-order chi connectivity index (χ1) is 9.44. The molecular weight excluding hydrogens is 252 g/mol. The molecule has 20 heavy (non-hydrogen) atoms. The van der Waals surface area contributed by atoms with Crippen molar-refractivity contribution in [3.05, 3.63) is 24.0 Å². The zero-order chi connectivity index (χ0) is 14.6. The van der Waals surface area contributed by atoms with Crippen LogP contribution in [0.15, 0.2) is 18.5 Å². The van der Waals surface area contributed by atoms with Crippen LogP contribution in [0.25, 0.3) is 0 Å². The largest absolute Gasteiger partial charge is 0.490 e. The standard InChI is InChI=1S/C16H22N2O2/c1-16(2,19)7-6-13-9-15(11-17-10-13)20-12-14-5-4-8-18(14)3/h9-11,14,19H,4-5,8,12H2,1-3H3. The average molecular weight is 274 g/mol. The summed E-state index contributed by atoms with van der Waals surface area (Å²) in [5.41, 5.74) is -0.243. The van der Waals surface area contributed by atoms with Gasteiger partial charge in [-0.2, -0.15) is 0 Å². The molecule has 1 aliphatic rings. The van der Waals surface area contributed by atoms with Crippen molar-refractivity contribution in [1.29, 1.82) is 0 Å². The monoisotopic (exact) mass is 274 g/mol. The van der Waals surface area contributed by atoms with E-state index in [4.69, 9.17) is 4.74 Å². The van der Waals surface area contributed by atoms with E-state index in [1.54, 1.807) is 26.2 Å². The number of aromatic nitrogens is 1. The fourth-order valence-corrected chi connectivity index (χ4v) is 2.17. The van der Waals surface area contributed by atoms with E-state index in [1.165, 1.54) is 12.8 Å². The lowest BCUT2D eigenvalue weighted by Crippen LogP contribution is -2.30. The molecule has 0 spiro atoms. The highest BCUT2D eigenvalue weighted by molar-refractivity contribution is 5.38. The molecule has 0 radical (unpaired) electrons. The summed E-state index contributed by atoms with van der Waals surface area (Å²) in [4.78, 5) is 6.45. The first-order valence-electron chi connectivity index (χ1n) is 6.98. The summed E-state index contributed by atoms with van der Waals surface area (Å²) in [6.07, 6.45) is 5.79. The molecule has 4 heteroatoms. The Kier molecular flexibility index (Phi) is 4.64. The van der Waals surface area contributed by atoms with E-state index in [0.717, 1.165) is 17.9 Å². The smallest absolute Gasteiger partial charge is 0.138 e. The summed E-state index contributed by atoms with van der Waals surface area (Å²) in [7, 11) is 2.13. The average Bonchev–Trinajstić information content (AvgIpc) is 2.79. The molecule has 1 N–H and O–H groups in total. The molecule has 0 saturated carbocycles. The summed E-state index contributed by atoms with van der Waals surface area (Å²) in [6.45, 7) is 5.14. The van der Waals surface area contributed by atoms with Gasteiger partial charge in [0, 0.05) is 17.8 Å². The topological polar surface area (TPSA) is 45.6 Å².